The van der Waals surface area contributed by atoms with Gasteiger partial charge in [0.1, 0.15) is 4.47 Å². The number of morpholine rings is 1. The third-order valence-corrected chi connectivity index (χ3v) is 4.16. The summed E-state index contributed by atoms with van der Waals surface area (Å²) in [6, 6.07) is 0.205. The van der Waals surface area contributed by atoms with Crippen molar-refractivity contribution in [2.75, 3.05) is 23.4 Å². The summed E-state index contributed by atoms with van der Waals surface area (Å²) in [4.78, 5) is 20.4. The molecule has 0 aliphatic carbocycles. The maximum Gasteiger partial charge on any atom is 0.267 e. The third kappa shape index (κ3) is 2.71. The third-order valence-electron chi connectivity index (χ3n) is 2.73. The van der Waals surface area contributed by atoms with Gasteiger partial charge >= 0.3 is 0 Å². The maximum absolute atomic E-state index is 11.5. The number of hydrogen-bond acceptors (Lipinski definition) is 4. The molecule has 1 aliphatic rings. The molecule has 0 saturated carbocycles. The first-order chi connectivity index (χ1) is 8.13. The molecule has 7 heteroatoms. The normalized spacial score (nSPS) is 25.0. The molecule has 17 heavy (non-hydrogen) atoms. The fourth-order valence-electron chi connectivity index (χ4n) is 1.78. The van der Waals surface area contributed by atoms with Crippen LogP contribution in [0.3, 0.4) is 0 Å². The Bertz CT molecular complexity index is 451. The number of nitrogens with one attached hydrogen (secondary N) is 1. The van der Waals surface area contributed by atoms with Crippen LogP contribution in [0.4, 0.5) is 5.82 Å². The molecule has 2 unspecified atom stereocenters. The van der Waals surface area contributed by atoms with Gasteiger partial charge in [0, 0.05) is 11.9 Å². The SMILES string of the molecule is CC1COC(CBr)CN1c1nc[nH]c(=O)c1Br. The highest BCUT2D eigenvalue weighted by atomic mass is 79.9. The lowest BCUT2D eigenvalue weighted by molar-refractivity contribution is 0.0376. The first-order valence-electron chi connectivity index (χ1n) is 5.31. The van der Waals surface area contributed by atoms with Gasteiger partial charge < -0.3 is 14.6 Å². The zero-order chi connectivity index (χ0) is 12.4. The molecule has 0 amide bonds. The van der Waals surface area contributed by atoms with Crippen LogP contribution in [0.2, 0.25) is 0 Å². The first-order valence-corrected chi connectivity index (χ1v) is 7.22. The largest absolute Gasteiger partial charge is 0.373 e. The van der Waals surface area contributed by atoms with Gasteiger partial charge in [-0.05, 0) is 22.9 Å². The van der Waals surface area contributed by atoms with E-state index in [2.05, 4.69) is 53.7 Å². The topological polar surface area (TPSA) is 58.2 Å². The van der Waals surface area contributed by atoms with Gasteiger partial charge in [0.05, 0.1) is 25.1 Å². The standard InChI is InChI=1S/C10H13Br2N3O2/c1-6-4-17-7(2-11)3-15(6)9-8(12)10(16)14-5-13-9/h5-7H,2-4H2,1H3,(H,13,14,16). The van der Waals surface area contributed by atoms with Crippen LogP contribution in [-0.2, 0) is 4.74 Å². The molecule has 1 aromatic heterocycles. The van der Waals surface area contributed by atoms with Crippen molar-refractivity contribution in [1.82, 2.24) is 9.97 Å². The lowest BCUT2D eigenvalue weighted by Crippen LogP contribution is -2.49. The number of aromatic nitrogens is 2. The van der Waals surface area contributed by atoms with Crippen molar-refractivity contribution in [1.29, 1.82) is 0 Å². The fourth-order valence-corrected chi connectivity index (χ4v) is 2.62. The molecule has 0 aromatic carbocycles. The average molecular weight is 367 g/mol. The van der Waals surface area contributed by atoms with E-state index in [1.807, 2.05) is 0 Å². The number of halogens is 2. The van der Waals surface area contributed by atoms with E-state index in [-0.39, 0.29) is 17.7 Å². The van der Waals surface area contributed by atoms with Crippen LogP contribution in [0.1, 0.15) is 6.92 Å². The van der Waals surface area contributed by atoms with E-state index in [0.29, 0.717) is 16.9 Å². The van der Waals surface area contributed by atoms with Gasteiger partial charge in [-0.3, -0.25) is 4.79 Å². The summed E-state index contributed by atoms with van der Waals surface area (Å²) in [5.41, 5.74) is -0.163. The Morgan fingerprint density at radius 3 is 3.18 bits per heavy atom. The van der Waals surface area contributed by atoms with E-state index < -0.39 is 0 Å². The van der Waals surface area contributed by atoms with E-state index in [9.17, 15) is 4.79 Å². The van der Waals surface area contributed by atoms with Crippen LogP contribution in [0.25, 0.3) is 0 Å². The number of H-pyrrole nitrogens is 1. The second kappa shape index (κ2) is 5.49. The van der Waals surface area contributed by atoms with Gasteiger partial charge in [-0.15, -0.1) is 0 Å². The summed E-state index contributed by atoms with van der Waals surface area (Å²) < 4.78 is 6.12. The van der Waals surface area contributed by atoms with Crippen molar-refractivity contribution in [2.45, 2.75) is 19.1 Å². The van der Waals surface area contributed by atoms with Gasteiger partial charge in [-0.1, -0.05) is 15.9 Å². The zero-order valence-corrected chi connectivity index (χ0v) is 12.5. The fraction of sp³-hybridized carbons (Fsp3) is 0.600. The Balaban J connectivity index is 2.31. The van der Waals surface area contributed by atoms with Crippen molar-refractivity contribution in [2.24, 2.45) is 0 Å². The molecular weight excluding hydrogens is 354 g/mol. The summed E-state index contributed by atoms with van der Waals surface area (Å²) in [5.74, 6) is 0.676. The maximum atomic E-state index is 11.5. The molecule has 1 N–H and O–H groups in total. The molecule has 2 rings (SSSR count). The summed E-state index contributed by atoms with van der Waals surface area (Å²) in [5, 5.41) is 0.775. The molecule has 0 bridgehead atoms. The number of ether oxygens (including phenoxy) is 1. The second-order valence-electron chi connectivity index (χ2n) is 3.98. The Morgan fingerprint density at radius 1 is 1.71 bits per heavy atom. The number of hydrogen-bond donors (Lipinski definition) is 1. The van der Waals surface area contributed by atoms with Crippen LogP contribution >= 0.6 is 31.9 Å². The lowest BCUT2D eigenvalue weighted by Gasteiger charge is -2.38. The van der Waals surface area contributed by atoms with Crippen molar-refractivity contribution in [3.63, 3.8) is 0 Å². The Morgan fingerprint density at radius 2 is 2.47 bits per heavy atom. The number of anilines is 1. The van der Waals surface area contributed by atoms with Gasteiger partial charge in [-0.25, -0.2) is 4.98 Å². The summed E-state index contributed by atoms with van der Waals surface area (Å²) in [6.45, 7) is 3.42. The van der Waals surface area contributed by atoms with E-state index in [4.69, 9.17) is 4.74 Å². The minimum Gasteiger partial charge on any atom is -0.373 e. The van der Waals surface area contributed by atoms with Gasteiger partial charge in [0.15, 0.2) is 5.82 Å². The van der Waals surface area contributed by atoms with Crippen LogP contribution in [-0.4, -0.2) is 40.6 Å². The molecule has 1 fully saturated rings. The van der Waals surface area contributed by atoms with Crippen LogP contribution in [0.5, 0.6) is 0 Å². The summed E-state index contributed by atoms with van der Waals surface area (Å²) in [6.07, 6.45) is 1.55. The quantitative estimate of drug-likeness (QED) is 0.806. The average Bonchev–Trinajstić information content (AvgIpc) is 2.34. The predicted molar refractivity (Wildman–Crippen MR) is 72.9 cm³/mol. The lowest BCUT2D eigenvalue weighted by atomic mass is 10.2. The van der Waals surface area contributed by atoms with Crippen LogP contribution in [0.15, 0.2) is 15.6 Å². The van der Waals surface area contributed by atoms with Gasteiger partial charge in [-0.2, -0.15) is 0 Å². The van der Waals surface area contributed by atoms with Gasteiger partial charge in [0.25, 0.3) is 5.56 Å². The minimum atomic E-state index is -0.163. The highest BCUT2D eigenvalue weighted by molar-refractivity contribution is 9.10. The molecule has 0 spiro atoms. The van der Waals surface area contributed by atoms with Crippen LogP contribution < -0.4 is 10.5 Å². The molecular formula is C10H13Br2N3O2. The molecule has 1 saturated heterocycles. The highest BCUT2D eigenvalue weighted by Crippen LogP contribution is 2.24. The number of rotatable bonds is 2. The van der Waals surface area contributed by atoms with Crippen molar-refractivity contribution in [3.8, 4) is 0 Å². The first kappa shape index (κ1) is 13.0. The van der Waals surface area contributed by atoms with Crippen LogP contribution in [0, 0.1) is 0 Å². The second-order valence-corrected chi connectivity index (χ2v) is 5.42. The molecule has 94 valence electrons. The predicted octanol–water partition coefficient (Wildman–Crippen LogP) is 1.52. The number of nitrogens with zero attached hydrogens (tertiary/aromatic N) is 2. The van der Waals surface area contributed by atoms with E-state index >= 15 is 0 Å². The molecule has 2 atom stereocenters. The number of aromatic amines is 1. The molecule has 0 radical (unpaired) electrons. The van der Waals surface area contributed by atoms with Gasteiger partial charge in [0.2, 0.25) is 0 Å². The molecule has 1 aromatic rings. The monoisotopic (exact) mass is 365 g/mol. The van der Waals surface area contributed by atoms with Crippen molar-refractivity contribution < 1.29 is 4.74 Å². The minimum absolute atomic E-state index is 0.124. The van der Waals surface area contributed by atoms with Crippen molar-refractivity contribution >= 4 is 37.7 Å². The highest BCUT2D eigenvalue weighted by Gasteiger charge is 2.28. The zero-order valence-electron chi connectivity index (χ0n) is 9.32. The molecule has 2 heterocycles. The summed E-state index contributed by atoms with van der Waals surface area (Å²) >= 11 is 6.70. The summed E-state index contributed by atoms with van der Waals surface area (Å²) in [7, 11) is 0. The van der Waals surface area contributed by atoms with E-state index in [1.165, 1.54) is 6.33 Å². The molecule has 1 aliphatic heterocycles. The smallest absolute Gasteiger partial charge is 0.267 e. The van der Waals surface area contributed by atoms with Crippen molar-refractivity contribution in [3.05, 3.63) is 21.2 Å². The van der Waals surface area contributed by atoms with E-state index in [1.54, 1.807) is 0 Å². The Hall–Kier alpha value is -0.400. The number of alkyl halides is 1. The van der Waals surface area contributed by atoms with E-state index in [0.717, 1.165) is 11.9 Å². The Labute approximate surface area is 116 Å². The Kier molecular flexibility index (Phi) is 4.22. The molecule has 5 nitrogen and oxygen atoms in total.